The standard InChI is InChI=1S/C26H42F2O2/c1-2-20-10-14-23(15-11-20)24-16-12-21(13-17-24)6-3-4-7-22-18-29-26(30-19-22)9-5-8-25(27)28/h2,8,20-24,26H,1,3-7,9-19H2. The van der Waals surface area contributed by atoms with E-state index >= 15 is 0 Å². The summed E-state index contributed by atoms with van der Waals surface area (Å²) in [5.74, 6) is 4.18. The maximum Gasteiger partial charge on any atom is 0.266 e. The first kappa shape index (κ1) is 23.9. The van der Waals surface area contributed by atoms with E-state index in [1.165, 1.54) is 70.6 Å². The van der Waals surface area contributed by atoms with Gasteiger partial charge in [0.05, 0.1) is 13.2 Å². The molecule has 172 valence electrons. The lowest BCUT2D eigenvalue weighted by molar-refractivity contribution is -0.203. The van der Waals surface area contributed by atoms with Crippen LogP contribution in [0.2, 0.25) is 0 Å². The van der Waals surface area contributed by atoms with E-state index in [1.54, 1.807) is 0 Å². The van der Waals surface area contributed by atoms with Crippen LogP contribution in [0, 0.1) is 29.6 Å². The van der Waals surface area contributed by atoms with Gasteiger partial charge in [-0.15, -0.1) is 6.58 Å². The summed E-state index contributed by atoms with van der Waals surface area (Å²) >= 11 is 0. The molecule has 0 aromatic carbocycles. The van der Waals surface area contributed by atoms with E-state index < -0.39 is 6.08 Å². The summed E-state index contributed by atoms with van der Waals surface area (Å²) in [6, 6.07) is 0. The van der Waals surface area contributed by atoms with Crippen molar-refractivity contribution in [2.45, 2.75) is 96.2 Å². The second kappa shape index (κ2) is 13.0. The van der Waals surface area contributed by atoms with Gasteiger partial charge < -0.3 is 9.47 Å². The highest BCUT2D eigenvalue weighted by molar-refractivity contribution is 4.87. The molecule has 1 aliphatic heterocycles. The Bertz CT molecular complexity index is 507. The van der Waals surface area contributed by atoms with Crippen LogP contribution in [0.5, 0.6) is 0 Å². The average molecular weight is 425 g/mol. The van der Waals surface area contributed by atoms with Gasteiger partial charge in [0.1, 0.15) is 0 Å². The summed E-state index contributed by atoms with van der Waals surface area (Å²) in [5.41, 5.74) is 0. The second-order valence-electron chi connectivity index (χ2n) is 10.0. The van der Waals surface area contributed by atoms with Gasteiger partial charge in [-0.25, -0.2) is 0 Å². The van der Waals surface area contributed by atoms with Crippen LogP contribution in [0.25, 0.3) is 0 Å². The summed E-state index contributed by atoms with van der Waals surface area (Å²) in [4.78, 5) is 0. The van der Waals surface area contributed by atoms with Crippen molar-refractivity contribution in [1.29, 1.82) is 0 Å². The van der Waals surface area contributed by atoms with Crippen LogP contribution in [0.3, 0.4) is 0 Å². The van der Waals surface area contributed by atoms with Crippen molar-refractivity contribution >= 4 is 0 Å². The van der Waals surface area contributed by atoms with Crippen LogP contribution in [0.4, 0.5) is 8.78 Å². The largest absolute Gasteiger partial charge is 0.352 e. The van der Waals surface area contributed by atoms with Gasteiger partial charge in [0, 0.05) is 12.3 Å². The second-order valence-corrected chi connectivity index (χ2v) is 10.0. The Morgan fingerprint density at radius 2 is 1.33 bits per heavy atom. The highest BCUT2D eigenvalue weighted by Gasteiger charge is 2.30. The van der Waals surface area contributed by atoms with E-state index in [1.807, 2.05) is 0 Å². The first-order valence-electron chi connectivity index (χ1n) is 12.5. The average Bonchev–Trinajstić information content (AvgIpc) is 2.78. The molecule has 4 heteroatoms. The van der Waals surface area contributed by atoms with Crippen LogP contribution in [0.15, 0.2) is 24.8 Å². The SMILES string of the molecule is C=CC1CCC(C2CCC(CCCCC3COC(CCC=C(F)F)OC3)CC2)CC1. The van der Waals surface area contributed by atoms with Gasteiger partial charge in [-0.3, -0.25) is 0 Å². The van der Waals surface area contributed by atoms with Crippen LogP contribution in [-0.2, 0) is 9.47 Å². The highest BCUT2D eigenvalue weighted by Crippen LogP contribution is 2.42. The molecular weight excluding hydrogens is 382 g/mol. The molecule has 0 atom stereocenters. The van der Waals surface area contributed by atoms with Crippen molar-refractivity contribution in [3.63, 3.8) is 0 Å². The Morgan fingerprint density at radius 1 is 0.767 bits per heavy atom. The smallest absolute Gasteiger partial charge is 0.266 e. The molecule has 0 amide bonds. The minimum atomic E-state index is -1.62. The van der Waals surface area contributed by atoms with Gasteiger partial charge in [0.15, 0.2) is 6.29 Å². The first-order valence-corrected chi connectivity index (χ1v) is 12.5. The number of hydrogen-bond donors (Lipinski definition) is 0. The van der Waals surface area contributed by atoms with Crippen molar-refractivity contribution in [1.82, 2.24) is 0 Å². The zero-order chi connectivity index (χ0) is 21.2. The third kappa shape index (κ3) is 8.07. The monoisotopic (exact) mass is 424 g/mol. The van der Waals surface area contributed by atoms with E-state index in [0.717, 1.165) is 36.2 Å². The lowest BCUT2D eigenvalue weighted by Gasteiger charge is -2.37. The van der Waals surface area contributed by atoms with E-state index in [4.69, 9.17) is 9.47 Å². The third-order valence-electron chi connectivity index (χ3n) is 7.92. The van der Waals surface area contributed by atoms with Crippen LogP contribution < -0.4 is 0 Å². The van der Waals surface area contributed by atoms with E-state index in [9.17, 15) is 8.78 Å². The summed E-state index contributed by atoms with van der Waals surface area (Å²) in [7, 11) is 0. The van der Waals surface area contributed by atoms with Crippen molar-refractivity contribution < 1.29 is 18.3 Å². The molecule has 1 heterocycles. The molecule has 3 fully saturated rings. The summed E-state index contributed by atoms with van der Waals surface area (Å²) in [6.45, 7) is 5.41. The number of allylic oxidation sites excluding steroid dienone is 2. The Balaban J connectivity index is 1.20. The lowest BCUT2D eigenvalue weighted by atomic mass is 9.68. The zero-order valence-corrected chi connectivity index (χ0v) is 18.7. The predicted molar refractivity (Wildman–Crippen MR) is 118 cm³/mol. The van der Waals surface area contributed by atoms with Gasteiger partial charge in [-0.05, 0) is 81.1 Å². The van der Waals surface area contributed by atoms with E-state index in [0.29, 0.717) is 32.0 Å². The molecule has 3 rings (SSSR count). The van der Waals surface area contributed by atoms with Crippen molar-refractivity contribution in [2.75, 3.05) is 13.2 Å². The fourth-order valence-electron chi connectivity index (χ4n) is 5.91. The Labute approximate surface area is 182 Å². The van der Waals surface area contributed by atoms with Gasteiger partial charge >= 0.3 is 0 Å². The molecule has 0 radical (unpaired) electrons. The maximum atomic E-state index is 12.1. The first-order chi connectivity index (χ1) is 14.6. The molecule has 0 bridgehead atoms. The van der Waals surface area contributed by atoms with Crippen LogP contribution in [-0.4, -0.2) is 19.5 Å². The fraction of sp³-hybridized carbons (Fsp3) is 0.846. The maximum absolute atomic E-state index is 12.1. The van der Waals surface area contributed by atoms with Gasteiger partial charge in [-0.2, -0.15) is 8.78 Å². The number of unbranched alkanes of at least 4 members (excludes halogenated alkanes) is 1. The van der Waals surface area contributed by atoms with Gasteiger partial charge in [0.2, 0.25) is 0 Å². The normalized spacial score (nSPS) is 35.0. The summed E-state index contributed by atoms with van der Waals surface area (Å²) in [5, 5.41) is 0. The van der Waals surface area contributed by atoms with Crippen molar-refractivity contribution in [3.8, 4) is 0 Å². The lowest BCUT2D eigenvalue weighted by Crippen LogP contribution is -2.32. The Kier molecular flexibility index (Phi) is 10.3. The highest BCUT2D eigenvalue weighted by atomic mass is 19.3. The Hall–Kier alpha value is -0.740. The molecule has 30 heavy (non-hydrogen) atoms. The molecule has 0 aromatic rings. The summed E-state index contributed by atoms with van der Waals surface area (Å²) < 4.78 is 35.5. The minimum Gasteiger partial charge on any atom is -0.352 e. The molecule has 2 nitrogen and oxygen atoms in total. The number of hydrogen-bond acceptors (Lipinski definition) is 2. The van der Waals surface area contributed by atoms with Gasteiger partial charge in [-0.1, -0.05) is 38.2 Å². The van der Waals surface area contributed by atoms with Crippen LogP contribution in [0.1, 0.15) is 89.9 Å². The van der Waals surface area contributed by atoms with E-state index in [-0.39, 0.29) is 6.29 Å². The molecule has 3 aliphatic rings. The molecule has 0 spiro atoms. The number of ether oxygens (including phenoxy) is 2. The number of halogens is 2. The van der Waals surface area contributed by atoms with Crippen LogP contribution >= 0.6 is 0 Å². The Morgan fingerprint density at radius 3 is 1.90 bits per heavy atom. The molecule has 0 N–H and O–H groups in total. The number of rotatable bonds is 10. The molecule has 2 aliphatic carbocycles. The third-order valence-corrected chi connectivity index (χ3v) is 7.92. The minimum absolute atomic E-state index is 0.307. The molecule has 0 unspecified atom stereocenters. The van der Waals surface area contributed by atoms with E-state index in [2.05, 4.69) is 12.7 Å². The molecular formula is C26H42F2O2. The quantitative estimate of drug-likeness (QED) is 0.262. The predicted octanol–water partition coefficient (Wildman–Crippen LogP) is 7.90. The topological polar surface area (TPSA) is 18.5 Å². The summed E-state index contributed by atoms with van der Waals surface area (Å²) in [6.07, 6.45) is 18.6. The van der Waals surface area contributed by atoms with Gasteiger partial charge in [0.25, 0.3) is 6.08 Å². The zero-order valence-electron chi connectivity index (χ0n) is 18.7. The van der Waals surface area contributed by atoms with Crippen molar-refractivity contribution in [2.24, 2.45) is 29.6 Å². The molecule has 2 saturated carbocycles. The molecule has 1 saturated heterocycles. The molecule has 0 aromatic heterocycles. The fourth-order valence-corrected chi connectivity index (χ4v) is 5.91. The van der Waals surface area contributed by atoms with Crippen molar-refractivity contribution in [3.05, 3.63) is 24.8 Å².